The molecule has 0 amide bonds. The number of hydrogen-bond acceptors (Lipinski definition) is 3. The van der Waals surface area contributed by atoms with Crippen LogP contribution in [0.5, 0.6) is 0 Å². The molecule has 0 spiro atoms. The Morgan fingerprint density at radius 3 is 2.55 bits per heavy atom. The monoisotopic (exact) mass is 310 g/mol. The fraction of sp³-hybridized carbons (Fsp3) is 0.842. The van der Waals surface area contributed by atoms with Crippen LogP contribution in [-0.4, -0.2) is 23.3 Å². The molecule has 0 aromatic heterocycles. The van der Waals surface area contributed by atoms with Crippen LogP contribution in [0.2, 0.25) is 0 Å². The number of carbonyl (C=O) groups excluding carboxylic acids is 1. The van der Waals surface area contributed by atoms with Gasteiger partial charge < -0.3 is 9.84 Å². The molecule has 0 saturated heterocycles. The molecule has 3 nitrogen and oxygen atoms in total. The van der Waals surface area contributed by atoms with Crippen molar-refractivity contribution in [1.82, 2.24) is 0 Å². The van der Waals surface area contributed by atoms with Gasteiger partial charge in [0.05, 0.1) is 18.6 Å². The fourth-order valence-corrected chi connectivity index (χ4v) is 3.23. The number of aliphatic hydroxyl groups is 1. The Labute approximate surface area is 136 Å². The summed E-state index contributed by atoms with van der Waals surface area (Å²) in [5.74, 6) is 1.23. The standard InChI is InChI=1S/C19H34O3/c1-5-15(4)9-8-10-16(6-2)11-17-12-19(21,13-17)14-18(20)22-7-3/h12,15-16,21H,5-11,13-14H2,1-4H3. The zero-order valence-corrected chi connectivity index (χ0v) is 14.9. The Hall–Kier alpha value is -0.830. The molecule has 22 heavy (non-hydrogen) atoms. The van der Waals surface area contributed by atoms with Crippen LogP contribution in [0.1, 0.15) is 79.1 Å². The van der Waals surface area contributed by atoms with E-state index in [0.29, 0.717) is 18.9 Å². The summed E-state index contributed by atoms with van der Waals surface area (Å²) in [6.45, 7) is 8.99. The Morgan fingerprint density at radius 2 is 2.00 bits per heavy atom. The van der Waals surface area contributed by atoms with Gasteiger partial charge in [0.1, 0.15) is 0 Å². The van der Waals surface area contributed by atoms with Gasteiger partial charge >= 0.3 is 5.97 Å². The first-order valence-electron chi connectivity index (χ1n) is 9.01. The Bertz CT molecular complexity index is 375. The number of ether oxygens (including phenoxy) is 1. The van der Waals surface area contributed by atoms with Crippen LogP contribution in [0.3, 0.4) is 0 Å². The average Bonchev–Trinajstić information content (AvgIpc) is 2.44. The summed E-state index contributed by atoms with van der Waals surface area (Å²) in [5.41, 5.74) is 0.360. The molecule has 0 aliphatic heterocycles. The first-order chi connectivity index (χ1) is 10.4. The highest BCUT2D eigenvalue weighted by Crippen LogP contribution is 2.38. The Morgan fingerprint density at radius 1 is 1.32 bits per heavy atom. The molecule has 3 heteroatoms. The van der Waals surface area contributed by atoms with E-state index in [4.69, 9.17) is 4.74 Å². The fourth-order valence-electron chi connectivity index (χ4n) is 3.23. The number of rotatable bonds is 11. The van der Waals surface area contributed by atoms with Crippen molar-refractivity contribution in [3.8, 4) is 0 Å². The minimum absolute atomic E-state index is 0.0924. The third-order valence-corrected chi connectivity index (χ3v) is 4.90. The molecule has 1 aliphatic carbocycles. The molecule has 0 saturated carbocycles. The molecule has 0 fully saturated rings. The van der Waals surface area contributed by atoms with Crippen LogP contribution in [0.25, 0.3) is 0 Å². The van der Waals surface area contributed by atoms with Gasteiger partial charge in [-0.3, -0.25) is 4.79 Å². The van der Waals surface area contributed by atoms with Gasteiger partial charge in [-0.05, 0) is 25.2 Å². The van der Waals surface area contributed by atoms with E-state index in [1.165, 1.54) is 37.7 Å². The zero-order valence-electron chi connectivity index (χ0n) is 14.9. The molecular weight excluding hydrogens is 276 g/mol. The lowest BCUT2D eigenvalue weighted by Crippen LogP contribution is -2.38. The Kier molecular flexibility index (Phi) is 8.16. The molecule has 0 aromatic rings. The topological polar surface area (TPSA) is 46.5 Å². The molecule has 128 valence electrons. The van der Waals surface area contributed by atoms with E-state index in [1.807, 2.05) is 6.08 Å². The maximum Gasteiger partial charge on any atom is 0.309 e. The minimum Gasteiger partial charge on any atom is -0.466 e. The van der Waals surface area contributed by atoms with Crippen molar-refractivity contribution in [2.24, 2.45) is 11.8 Å². The summed E-state index contributed by atoms with van der Waals surface area (Å²) < 4.78 is 4.91. The highest BCUT2D eigenvalue weighted by molar-refractivity contribution is 5.71. The molecule has 3 atom stereocenters. The predicted octanol–water partition coefficient (Wildman–Crippen LogP) is 4.63. The normalized spacial score (nSPS) is 23.4. The lowest BCUT2D eigenvalue weighted by Gasteiger charge is -2.35. The second kappa shape index (κ2) is 9.34. The summed E-state index contributed by atoms with van der Waals surface area (Å²) in [6.07, 6.45) is 10.0. The summed E-state index contributed by atoms with van der Waals surface area (Å²) in [4.78, 5) is 11.5. The zero-order chi connectivity index (χ0) is 16.6. The Balaban J connectivity index is 2.33. The molecule has 0 aromatic carbocycles. The molecular formula is C19H34O3. The summed E-state index contributed by atoms with van der Waals surface area (Å²) >= 11 is 0. The second-order valence-electron chi connectivity index (χ2n) is 6.99. The quantitative estimate of drug-likeness (QED) is 0.447. The maximum atomic E-state index is 11.5. The van der Waals surface area contributed by atoms with Gasteiger partial charge in [0.15, 0.2) is 0 Å². The SMILES string of the molecule is CCOC(=O)CC1(O)C=C(CC(CC)CCCC(C)CC)C1. The van der Waals surface area contributed by atoms with Crippen LogP contribution in [0.15, 0.2) is 11.6 Å². The van der Waals surface area contributed by atoms with Crippen LogP contribution in [-0.2, 0) is 9.53 Å². The van der Waals surface area contributed by atoms with Crippen molar-refractivity contribution in [2.75, 3.05) is 6.61 Å². The van der Waals surface area contributed by atoms with Crippen molar-refractivity contribution < 1.29 is 14.6 Å². The highest BCUT2D eigenvalue weighted by atomic mass is 16.5. The lowest BCUT2D eigenvalue weighted by molar-refractivity contribution is -0.147. The number of hydrogen-bond donors (Lipinski definition) is 1. The van der Waals surface area contributed by atoms with E-state index in [-0.39, 0.29) is 12.4 Å². The van der Waals surface area contributed by atoms with Crippen molar-refractivity contribution in [2.45, 2.75) is 84.7 Å². The average molecular weight is 310 g/mol. The van der Waals surface area contributed by atoms with E-state index in [9.17, 15) is 9.90 Å². The van der Waals surface area contributed by atoms with Crippen molar-refractivity contribution in [3.63, 3.8) is 0 Å². The van der Waals surface area contributed by atoms with Crippen molar-refractivity contribution in [3.05, 3.63) is 11.6 Å². The summed E-state index contributed by atoms with van der Waals surface area (Å²) in [7, 11) is 0. The largest absolute Gasteiger partial charge is 0.466 e. The lowest BCUT2D eigenvalue weighted by atomic mass is 9.75. The summed E-state index contributed by atoms with van der Waals surface area (Å²) in [6, 6.07) is 0. The van der Waals surface area contributed by atoms with E-state index >= 15 is 0 Å². The van der Waals surface area contributed by atoms with Crippen LogP contribution >= 0.6 is 0 Å². The minimum atomic E-state index is -0.948. The third kappa shape index (κ3) is 6.51. The molecule has 1 aliphatic rings. The molecule has 3 unspecified atom stereocenters. The third-order valence-electron chi connectivity index (χ3n) is 4.90. The maximum absolute atomic E-state index is 11.5. The van der Waals surface area contributed by atoms with Gasteiger partial charge in [-0.2, -0.15) is 0 Å². The molecule has 1 rings (SSSR count). The van der Waals surface area contributed by atoms with E-state index in [1.54, 1.807) is 6.92 Å². The van der Waals surface area contributed by atoms with E-state index in [0.717, 1.165) is 12.3 Å². The van der Waals surface area contributed by atoms with Gasteiger partial charge in [-0.15, -0.1) is 0 Å². The second-order valence-corrected chi connectivity index (χ2v) is 6.99. The molecule has 0 bridgehead atoms. The van der Waals surface area contributed by atoms with E-state index in [2.05, 4.69) is 20.8 Å². The van der Waals surface area contributed by atoms with Crippen molar-refractivity contribution >= 4 is 5.97 Å². The first kappa shape index (κ1) is 19.2. The highest BCUT2D eigenvalue weighted by Gasteiger charge is 2.37. The molecule has 1 N–H and O–H groups in total. The summed E-state index contributed by atoms with van der Waals surface area (Å²) in [5, 5.41) is 10.3. The first-order valence-corrected chi connectivity index (χ1v) is 9.01. The van der Waals surface area contributed by atoms with Crippen LogP contribution in [0, 0.1) is 11.8 Å². The van der Waals surface area contributed by atoms with Gasteiger partial charge in [0.25, 0.3) is 0 Å². The van der Waals surface area contributed by atoms with E-state index < -0.39 is 5.60 Å². The number of esters is 1. The van der Waals surface area contributed by atoms with Crippen LogP contribution in [0.4, 0.5) is 0 Å². The molecule has 0 radical (unpaired) electrons. The molecule has 0 heterocycles. The predicted molar refractivity (Wildman–Crippen MR) is 90.6 cm³/mol. The number of carbonyl (C=O) groups is 1. The smallest absolute Gasteiger partial charge is 0.309 e. The van der Waals surface area contributed by atoms with Crippen LogP contribution < -0.4 is 0 Å². The van der Waals surface area contributed by atoms with Crippen molar-refractivity contribution in [1.29, 1.82) is 0 Å². The van der Waals surface area contributed by atoms with Gasteiger partial charge in [-0.25, -0.2) is 0 Å². The van der Waals surface area contributed by atoms with Gasteiger partial charge in [-0.1, -0.05) is 64.5 Å². The van der Waals surface area contributed by atoms with Gasteiger partial charge in [0.2, 0.25) is 0 Å². The van der Waals surface area contributed by atoms with Gasteiger partial charge in [0, 0.05) is 6.42 Å².